The van der Waals surface area contributed by atoms with Crippen LogP contribution < -0.4 is 0 Å². The number of carbonyl (C=O) groups excluding carboxylic acids is 2. The molecule has 0 fully saturated rings. The Labute approximate surface area is 256 Å². The van der Waals surface area contributed by atoms with Crippen LogP contribution in [0.25, 0.3) is 0 Å². The van der Waals surface area contributed by atoms with Gasteiger partial charge in [-0.05, 0) is 59.4 Å². The predicted molar refractivity (Wildman–Crippen MR) is 160 cm³/mol. The van der Waals surface area contributed by atoms with Gasteiger partial charge in [-0.3, -0.25) is 20.2 Å². The van der Waals surface area contributed by atoms with Gasteiger partial charge < -0.3 is 9.47 Å². The summed E-state index contributed by atoms with van der Waals surface area (Å²) in [6.45, 7) is 2.69. The van der Waals surface area contributed by atoms with Gasteiger partial charge in [-0.1, -0.05) is 34.9 Å². The van der Waals surface area contributed by atoms with Crippen molar-refractivity contribution in [3.8, 4) is 0 Å². The fraction of sp³-hybridized carbons (Fsp3) is 0.455. The molecule has 12 nitrogen and oxygen atoms in total. The molecule has 0 radical (unpaired) electrons. The van der Waals surface area contributed by atoms with E-state index in [2.05, 4.69) is 21.6 Å². The average Bonchev–Trinajstić information content (AvgIpc) is 2.91. The zero-order valence-corrected chi connectivity index (χ0v) is 25.9. The molecule has 0 aromatic carbocycles. The minimum absolute atomic E-state index is 0.0164. The van der Waals surface area contributed by atoms with E-state index in [-0.39, 0.29) is 18.0 Å². The van der Waals surface area contributed by atoms with E-state index in [4.69, 9.17) is 27.9 Å². The molecule has 0 amide bonds. The van der Waals surface area contributed by atoms with Crippen LogP contribution in [-0.2, 0) is 9.47 Å². The van der Waals surface area contributed by atoms with E-state index in [1.54, 1.807) is 33.7 Å². The Kier molecular flexibility index (Phi) is 19.6. The van der Waals surface area contributed by atoms with Crippen LogP contribution in [0.3, 0.4) is 0 Å². The molecule has 0 aliphatic carbocycles. The molecule has 0 aliphatic heterocycles. The number of halogens is 2. The Morgan fingerprint density at radius 1 is 0.875 bits per heavy atom. The summed E-state index contributed by atoms with van der Waals surface area (Å²) in [6, 6.07) is 6.10. The van der Waals surface area contributed by atoms with Crippen molar-refractivity contribution in [2.24, 2.45) is 0 Å². The highest BCUT2D eigenvalue weighted by Gasteiger charge is 2.12. The number of nitro groups is 2. The monoisotopic (exact) mass is 672 g/mol. The summed E-state index contributed by atoms with van der Waals surface area (Å²) >= 11 is 10.1. The molecule has 0 saturated heterocycles. The van der Waals surface area contributed by atoms with Crippen molar-refractivity contribution in [3.63, 3.8) is 0 Å². The first-order chi connectivity index (χ1) is 19.1. The summed E-state index contributed by atoms with van der Waals surface area (Å²) in [5.74, 6) is 0.864. The fourth-order valence-corrected chi connectivity index (χ4v) is 7.24. The third-order valence-electron chi connectivity index (χ3n) is 4.38. The van der Waals surface area contributed by atoms with Crippen molar-refractivity contribution in [1.29, 1.82) is 0 Å². The van der Waals surface area contributed by atoms with Crippen LogP contribution in [0, 0.1) is 20.2 Å². The van der Waals surface area contributed by atoms with Gasteiger partial charge in [0.1, 0.15) is 22.4 Å². The van der Waals surface area contributed by atoms with Crippen LogP contribution in [0.4, 0.5) is 21.0 Å². The molecule has 1 unspecified atom stereocenters. The quantitative estimate of drug-likeness (QED) is 0.0515. The van der Waals surface area contributed by atoms with Crippen molar-refractivity contribution >= 4 is 88.6 Å². The highest BCUT2D eigenvalue weighted by molar-refractivity contribution is 8.77. The van der Waals surface area contributed by atoms with Gasteiger partial charge in [0.2, 0.25) is 0 Å². The second-order valence-electron chi connectivity index (χ2n) is 7.39. The zero-order valence-electron chi connectivity index (χ0n) is 21.1. The summed E-state index contributed by atoms with van der Waals surface area (Å²) < 4.78 is 9.30. The van der Waals surface area contributed by atoms with E-state index < -0.39 is 20.7 Å². The number of ether oxygens (including phenoxy) is 2. The predicted octanol–water partition coefficient (Wildman–Crippen LogP) is 8.55. The second kappa shape index (κ2) is 21.7. The Morgan fingerprint density at radius 2 is 1.43 bits per heavy atom. The van der Waals surface area contributed by atoms with Crippen LogP contribution in [0.15, 0.2) is 46.7 Å². The van der Waals surface area contributed by atoms with Gasteiger partial charge in [0.15, 0.2) is 0 Å². The van der Waals surface area contributed by atoms with Crippen LogP contribution in [0.1, 0.15) is 39.0 Å². The highest BCUT2D eigenvalue weighted by Crippen LogP contribution is 2.37. The first-order valence-corrected chi connectivity index (χ1v) is 16.9. The van der Waals surface area contributed by atoms with Crippen molar-refractivity contribution in [2.75, 3.05) is 19.0 Å². The summed E-state index contributed by atoms with van der Waals surface area (Å²) in [7, 11) is 6.12. The molecule has 0 N–H and O–H groups in total. The second-order valence-corrected chi connectivity index (χ2v) is 13.0. The molecule has 0 saturated carbocycles. The summed E-state index contributed by atoms with van der Waals surface area (Å²) in [6.07, 6.45) is 6.81. The van der Waals surface area contributed by atoms with E-state index in [1.807, 2.05) is 0 Å². The zero-order chi connectivity index (χ0) is 29.8. The Bertz CT molecular complexity index is 1070. The number of hydrogen-bond acceptors (Lipinski definition) is 14. The Morgan fingerprint density at radius 3 is 1.90 bits per heavy atom. The molecule has 1 atom stereocenters. The van der Waals surface area contributed by atoms with Gasteiger partial charge >= 0.3 is 10.9 Å². The molecular weight excluding hydrogens is 647 g/mol. The number of pyridine rings is 2. The van der Waals surface area contributed by atoms with Crippen LogP contribution in [0.5, 0.6) is 0 Å². The third-order valence-corrected chi connectivity index (χ3v) is 9.82. The van der Waals surface area contributed by atoms with Crippen LogP contribution in [0.2, 0.25) is 0 Å². The SMILES string of the molecule is CCCC(CCOC(=O)Cl)SSc1ccc([N+](=O)[O-])cn1.O=C(Cl)OCCCCSSc1ccc([N+](=O)[O-])cn1. The molecule has 40 heavy (non-hydrogen) atoms. The lowest BCUT2D eigenvalue weighted by atomic mass is 10.2. The number of aromatic nitrogens is 2. The molecule has 2 heterocycles. The maximum Gasteiger partial charge on any atom is 0.403 e. The van der Waals surface area contributed by atoms with Crippen molar-refractivity contribution in [2.45, 2.75) is 54.3 Å². The standard InChI is InChI=1S/C12H15ClN2O4S2.C10H11ClN2O4S2/c1-2-3-10(6-7-19-12(13)16)20-21-11-5-4-9(8-14-11)15(17)18;11-10(14)17-5-1-2-6-18-19-9-4-3-8(7-12-9)13(15)16/h4-5,8,10H,2-3,6-7H2,1H3;3-4,7H,1-2,5-6H2. The maximum absolute atomic E-state index is 10.5. The molecule has 2 rings (SSSR count). The molecule has 2 aromatic rings. The summed E-state index contributed by atoms with van der Waals surface area (Å²) in [5.41, 5.74) is -1.61. The highest BCUT2D eigenvalue weighted by atomic mass is 35.5. The van der Waals surface area contributed by atoms with Gasteiger partial charge in [-0.15, -0.1) is 0 Å². The first kappa shape index (κ1) is 36.0. The minimum atomic E-state index is -0.792. The number of hydrogen-bond donors (Lipinski definition) is 0. The number of carbonyl (C=O) groups is 2. The lowest BCUT2D eigenvalue weighted by molar-refractivity contribution is -0.385. The van der Waals surface area contributed by atoms with Crippen molar-refractivity contribution < 1.29 is 28.9 Å². The molecule has 2 aromatic heterocycles. The van der Waals surface area contributed by atoms with Crippen LogP contribution >= 0.6 is 66.4 Å². The van der Waals surface area contributed by atoms with E-state index in [1.165, 1.54) is 46.1 Å². The third kappa shape index (κ3) is 17.7. The van der Waals surface area contributed by atoms with E-state index in [0.717, 1.165) is 36.5 Å². The van der Waals surface area contributed by atoms with Crippen LogP contribution in [-0.4, -0.2) is 54.9 Å². The van der Waals surface area contributed by atoms with E-state index >= 15 is 0 Å². The Balaban J connectivity index is 0.000000402. The molecule has 0 spiro atoms. The van der Waals surface area contributed by atoms with Gasteiger partial charge in [0.05, 0.1) is 23.1 Å². The molecule has 0 bridgehead atoms. The number of unbranched alkanes of at least 4 members (excludes halogenated alkanes) is 1. The number of rotatable bonds is 17. The van der Waals surface area contributed by atoms with Gasteiger partial charge in [-0.2, -0.15) is 0 Å². The lowest BCUT2D eigenvalue weighted by Gasteiger charge is -2.14. The van der Waals surface area contributed by atoms with Gasteiger partial charge in [-0.25, -0.2) is 19.6 Å². The summed E-state index contributed by atoms with van der Waals surface area (Å²) in [5, 5.41) is 22.7. The fourth-order valence-electron chi connectivity index (χ4n) is 2.53. The van der Waals surface area contributed by atoms with Gasteiger partial charge in [0, 0.05) is 46.3 Å². The topological polar surface area (TPSA) is 165 Å². The lowest BCUT2D eigenvalue weighted by Crippen LogP contribution is -2.07. The van der Waals surface area contributed by atoms with Gasteiger partial charge in [0.25, 0.3) is 11.4 Å². The molecular formula is C22H26Cl2N4O8S4. The smallest absolute Gasteiger partial charge is 0.403 e. The largest absolute Gasteiger partial charge is 0.454 e. The summed E-state index contributed by atoms with van der Waals surface area (Å²) in [4.78, 5) is 48.8. The Hall–Kier alpha value is -1.98. The van der Waals surface area contributed by atoms with Crippen molar-refractivity contribution in [1.82, 2.24) is 9.97 Å². The van der Waals surface area contributed by atoms with E-state index in [9.17, 15) is 29.8 Å². The molecule has 220 valence electrons. The van der Waals surface area contributed by atoms with E-state index in [0.29, 0.717) is 23.3 Å². The molecule has 18 heteroatoms. The molecule has 0 aliphatic rings. The van der Waals surface area contributed by atoms with Crippen molar-refractivity contribution in [3.05, 3.63) is 56.9 Å². The number of nitrogens with zero attached hydrogens (tertiary/aromatic N) is 4. The minimum Gasteiger partial charge on any atom is -0.454 e. The maximum atomic E-state index is 10.5. The normalized spacial score (nSPS) is 11.1. The first-order valence-electron chi connectivity index (χ1n) is 11.6. The average molecular weight is 674 g/mol.